The lowest BCUT2D eigenvalue weighted by Gasteiger charge is -2.14. The number of benzene rings is 1. The van der Waals surface area contributed by atoms with Crippen molar-refractivity contribution < 1.29 is 13.2 Å². The molecule has 0 spiro atoms. The molecule has 0 saturated carbocycles. The quantitative estimate of drug-likeness (QED) is 0.832. The zero-order valence-electron chi connectivity index (χ0n) is 9.74. The van der Waals surface area contributed by atoms with Gasteiger partial charge in [0.25, 0.3) is 0 Å². The summed E-state index contributed by atoms with van der Waals surface area (Å²) in [5.41, 5.74) is -0.146. The van der Waals surface area contributed by atoms with E-state index in [9.17, 15) is 13.2 Å². The van der Waals surface area contributed by atoms with Crippen LogP contribution < -0.4 is 5.32 Å². The van der Waals surface area contributed by atoms with Crippen LogP contribution in [0.2, 0.25) is 0 Å². The zero-order valence-corrected chi connectivity index (χ0v) is 11.3. The maximum absolute atomic E-state index is 12.6. The fraction of sp³-hybridized carbons (Fsp3) is 0.500. The molecule has 0 saturated heterocycles. The molecule has 0 radical (unpaired) electrons. The summed E-state index contributed by atoms with van der Waals surface area (Å²) in [6.07, 6.45) is -3.33. The van der Waals surface area contributed by atoms with Gasteiger partial charge in [0.15, 0.2) is 0 Å². The van der Waals surface area contributed by atoms with Gasteiger partial charge in [-0.15, -0.1) is 0 Å². The number of hydrogen-bond acceptors (Lipinski definition) is 1. The fourth-order valence-corrected chi connectivity index (χ4v) is 1.76. The molecule has 1 atom stereocenters. The molecule has 1 aromatic rings. The van der Waals surface area contributed by atoms with Crippen molar-refractivity contribution in [2.45, 2.75) is 26.4 Å². The predicted octanol–water partition coefficient (Wildman–Crippen LogP) is 4.93. The van der Waals surface area contributed by atoms with Gasteiger partial charge in [0.05, 0.1) is 5.56 Å². The first kappa shape index (κ1) is 14.4. The molecule has 0 aromatic heterocycles. The first-order valence-electron chi connectivity index (χ1n) is 5.45. The van der Waals surface area contributed by atoms with Gasteiger partial charge >= 0.3 is 6.18 Å². The molecular weight excluding hydrogens is 295 g/mol. The highest BCUT2D eigenvalue weighted by Gasteiger charge is 2.33. The van der Waals surface area contributed by atoms with E-state index in [1.165, 1.54) is 6.07 Å². The lowest BCUT2D eigenvalue weighted by molar-refractivity contribution is -0.138. The van der Waals surface area contributed by atoms with Gasteiger partial charge in [0.2, 0.25) is 0 Å². The third-order valence-corrected chi connectivity index (χ3v) is 3.31. The molecule has 17 heavy (non-hydrogen) atoms. The Balaban J connectivity index is 2.82. The Kier molecular flexibility index (Phi) is 4.86. The number of anilines is 1. The van der Waals surface area contributed by atoms with Crippen molar-refractivity contribution in [1.29, 1.82) is 0 Å². The second-order valence-corrected chi connectivity index (χ2v) is 4.94. The highest BCUT2D eigenvalue weighted by molar-refractivity contribution is 9.10. The lowest BCUT2D eigenvalue weighted by atomic mass is 10.1. The van der Waals surface area contributed by atoms with Crippen molar-refractivity contribution in [1.82, 2.24) is 0 Å². The summed E-state index contributed by atoms with van der Waals surface area (Å²) in [4.78, 5) is 0. The molecule has 1 N–H and O–H groups in total. The van der Waals surface area contributed by atoms with Crippen molar-refractivity contribution in [3.05, 3.63) is 28.2 Å². The first-order chi connectivity index (χ1) is 7.84. The number of nitrogens with one attached hydrogen (secondary N) is 1. The Labute approximate surface area is 108 Å². The molecule has 96 valence electrons. The summed E-state index contributed by atoms with van der Waals surface area (Å²) in [6.45, 7) is 4.78. The maximum atomic E-state index is 12.6. The summed E-state index contributed by atoms with van der Waals surface area (Å²) in [5.74, 6) is 0.438. The Morgan fingerprint density at radius 2 is 2.00 bits per heavy atom. The van der Waals surface area contributed by atoms with E-state index in [-0.39, 0.29) is 4.47 Å². The van der Waals surface area contributed by atoms with E-state index in [0.29, 0.717) is 18.2 Å². The van der Waals surface area contributed by atoms with Crippen molar-refractivity contribution in [2.24, 2.45) is 5.92 Å². The van der Waals surface area contributed by atoms with Crippen LogP contribution in [0.1, 0.15) is 25.8 Å². The average Bonchev–Trinajstić information content (AvgIpc) is 2.26. The molecule has 0 aliphatic heterocycles. The van der Waals surface area contributed by atoms with Crippen LogP contribution in [-0.4, -0.2) is 6.54 Å². The maximum Gasteiger partial charge on any atom is 0.417 e. The minimum atomic E-state index is -4.33. The van der Waals surface area contributed by atoms with Crippen molar-refractivity contribution >= 4 is 21.6 Å². The van der Waals surface area contributed by atoms with Crippen molar-refractivity contribution in [3.63, 3.8) is 0 Å². The first-order valence-corrected chi connectivity index (χ1v) is 6.24. The van der Waals surface area contributed by atoms with Crippen LogP contribution >= 0.6 is 15.9 Å². The van der Waals surface area contributed by atoms with Crippen LogP contribution in [0.4, 0.5) is 18.9 Å². The van der Waals surface area contributed by atoms with Gasteiger partial charge in [-0.05, 0) is 24.1 Å². The van der Waals surface area contributed by atoms with E-state index in [1.807, 2.05) is 0 Å². The molecule has 0 fully saturated rings. The molecule has 1 rings (SSSR count). The van der Waals surface area contributed by atoms with E-state index in [4.69, 9.17) is 0 Å². The minimum absolute atomic E-state index is 0.0686. The number of halogens is 4. The Morgan fingerprint density at radius 1 is 1.35 bits per heavy atom. The molecule has 0 aliphatic rings. The van der Waals surface area contributed by atoms with Crippen molar-refractivity contribution in [3.8, 4) is 0 Å². The summed E-state index contributed by atoms with van der Waals surface area (Å²) in [5, 5.41) is 3.01. The van der Waals surface area contributed by atoms with Crippen LogP contribution in [0.3, 0.4) is 0 Å². The van der Waals surface area contributed by atoms with Gasteiger partial charge in [-0.25, -0.2) is 0 Å². The zero-order chi connectivity index (χ0) is 13.1. The molecule has 0 aliphatic carbocycles. The smallest absolute Gasteiger partial charge is 0.385 e. The largest absolute Gasteiger partial charge is 0.417 e. The lowest BCUT2D eigenvalue weighted by Crippen LogP contribution is -2.12. The van der Waals surface area contributed by atoms with Crippen LogP contribution in [0.15, 0.2) is 22.7 Å². The normalized spacial score (nSPS) is 13.5. The Hall–Kier alpha value is -0.710. The van der Waals surface area contributed by atoms with Crippen molar-refractivity contribution in [2.75, 3.05) is 11.9 Å². The Bertz CT molecular complexity index is 377. The highest BCUT2D eigenvalue weighted by Crippen LogP contribution is 2.36. The molecule has 5 heteroatoms. The molecule has 1 unspecified atom stereocenters. The SMILES string of the molecule is CCC(C)CNc1ccc(Br)c(C(F)(F)F)c1. The van der Waals surface area contributed by atoms with E-state index < -0.39 is 11.7 Å². The topological polar surface area (TPSA) is 12.0 Å². The minimum Gasteiger partial charge on any atom is -0.385 e. The predicted molar refractivity (Wildman–Crippen MR) is 67.1 cm³/mol. The summed E-state index contributed by atoms with van der Waals surface area (Å²) in [7, 11) is 0. The van der Waals surface area contributed by atoms with Gasteiger partial charge < -0.3 is 5.32 Å². The molecular formula is C12H15BrF3N. The van der Waals surface area contributed by atoms with Gasteiger partial charge in [-0.2, -0.15) is 13.2 Å². The monoisotopic (exact) mass is 309 g/mol. The second kappa shape index (κ2) is 5.76. The molecule has 1 nitrogen and oxygen atoms in total. The van der Waals surface area contributed by atoms with Crippen LogP contribution in [0, 0.1) is 5.92 Å². The van der Waals surface area contributed by atoms with Crippen LogP contribution in [0.25, 0.3) is 0 Å². The molecule has 1 aromatic carbocycles. The number of rotatable bonds is 4. The van der Waals surface area contributed by atoms with E-state index >= 15 is 0 Å². The van der Waals surface area contributed by atoms with Gasteiger partial charge in [-0.1, -0.05) is 36.2 Å². The highest BCUT2D eigenvalue weighted by atomic mass is 79.9. The molecule has 0 bridgehead atoms. The summed E-state index contributed by atoms with van der Waals surface area (Å²) >= 11 is 2.91. The summed E-state index contributed by atoms with van der Waals surface area (Å²) in [6, 6.07) is 4.19. The third-order valence-electron chi connectivity index (χ3n) is 2.62. The van der Waals surface area contributed by atoms with E-state index in [0.717, 1.165) is 12.5 Å². The average molecular weight is 310 g/mol. The standard InChI is InChI=1S/C12H15BrF3N/c1-3-8(2)7-17-9-4-5-11(13)10(6-9)12(14,15)16/h4-6,8,17H,3,7H2,1-2H3. The van der Waals surface area contributed by atoms with Gasteiger partial charge in [0.1, 0.15) is 0 Å². The summed E-state index contributed by atoms with van der Waals surface area (Å²) < 4.78 is 38.0. The van der Waals surface area contributed by atoms with E-state index in [1.54, 1.807) is 6.07 Å². The Morgan fingerprint density at radius 3 is 2.53 bits per heavy atom. The second-order valence-electron chi connectivity index (χ2n) is 4.09. The van der Waals surface area contributed by atoms with Crippen LogP contribution in [0.5, 0.6) is 0 Å². The van der Waals surface area contributed by atoms with Crippen LogP contribution in [-0.2, 0) is 6.18 Å². The van der Waals surface area contributed by atoms with E-state index in [2.05, 4.69) is 35.1 Å². The molecule has 0 amide bonds. The number of alkyl halides is 3. The fourth-order valence-electron chi connectivity index (χ4n) is 1.29. The van der Waals surface area contributed by atoms with Gasteiger partial charge in [-0.3, -0.25) is 0 Å². The van der Waals surface area contributed by atoms with Gasteiger partial charge in [0, 0.05) is 16.7 Å². The molecule has 0 heterocycles. The third kappa shape index (κ3) is 4.22. The number of hydrogen-bond donors (Lipinski definition) is 1.